The van der Waals surface area contributed by atoms with E-state index in [2.05, 4.69) is 12.2 Å². The zero-order chi connectivity index (χ0) is 8.77. The van der Waals surface area contributed by atoms with Crippen molar-refractivity contribution in [3.8, 4) is 0 Å². The molecule has 1 amide bonds. The number of hydrogen-bond donors (Lipinski definition) is 1. The molecule has 2 heterocycles. The van der Waals surface area contributed by atoms with Gasteiger partial charge in [-0.05, 0) is 6.92 Å². The summed E-state index contributed by atoms with van der Waals surface area (Å²) in [6.45, 7) is 4.50. The van der Waals surface area contributed by atoms with Crippen LogP contribution in [-0.2, 0) is 4.74 Å². The number of nitrogens with one attached hydrogen (secondary N) is 1. The van der Waals surface area contributed by atoms with E-state index in [4.69, 9.17) is 4.74 Å². The molecule has 0 aromatic heterocycles. The van der Waals surface area contributed by atoms with Crippen LogP contribution in [0.2, 0.25) is 0 Å². The Morgan fingerprint density at radius 1 is 1.75 bits per heavy atom. The summed E-state index contributed by atoms with van der Waals surface area (Å²) in [7, 11) is 1.81. The first-order chi connectivity index (χ1) is 5.64. The zero-order valence-electron chi connectivity index (χ0n) is 7.46. The number of likely N-dealkylation sites (N-methyl/N-ethyl adjacent to an activating group) is 1. The molecule has 0 aliphatic carbocycles. The van der Waals surface area contributed by atoms with Crippen LogP contribution in [0.15, 0.2) is 0 Å². The van der Waals surface area contributed by atoms with Gasteiger partial charge in [0.15, 0.2) is 0 Å². The van der Waals surface area contributed by atoms with Crippen LogP contribution in [-0.4, -0.2) is 43.3 Å². The molecule has 2 atom stereocenters. The van der Waals surface area contributed by atoms with Crippen molar-refractivity contribution in [2.75, 3.05) is 26.7 Å². The van der Waals surface area contributed by atoms with Gasteiger partial charge in [-0.3, -0.25) is 0 Å². The van der Waals surface area contributed by atoms with Crippen LogP contribution in [0, 0.1) is 5.92 Å². The number of hydrogen-bond acceptors (Lipinski definition) is 3. The summed E-state index contributed by atoms with van der Waals surface area (Å²) >= 11 is 0. The van der Waals surface area contributed by atoms with Gasteiger partial charge in [0.05, 0.1) is 12.1 Å². The van der Waals surface area contributed by atoms with E-state index >= 15 is 0 Å². The maximum Gasteiger partial charge on any atom is 0.410 e. The second-order valence-corrected chi connectivity index (χ2v) is 3.82. The highest BCUT2D eigenvalue weighted by atomic mass is 16.6. The lowest BCUT2D eigenvalue weighted by Crippen LogP contribution is -2.57. The molecule has 1 N–H and O–H groups in total. The lowest BCUT2D eigenvalue weighted by atomic mass is 9.87. The van der Waals surface area contributed by atoms with Gasteiger partial charge in [-0.1, -0.05) is 0 Å². The smallest absolute Gasteiger partial charge is 0.410 e. The van der Waals surface area contributed by atoms with Gasteiger partial charge in [0.25, 0.3) is 0 Å². The van der Waals surface area contributed by atoms with Gasteiger partial charge in [-0.15, -0.1) is 0 Å². The van der Waals surface area contributed by atoms with E-state index in [9.17, 15) is 4.79 Å². The summed E-state index contributed by atoms with van der Waals surface area (Å²) in [5, 5.41) is 3.28. The first-order valence-electron chi connectivity index (χ1n) is 4.26. The van der Waals surface area contributed by atoms with E-state index in [1.807, 2.05) is 7.05 Å². The standard InChI is InChI=1S/C8H14N2O2/c1-8-5-9-3-6(8)4-12-7(11)10(8)2/h6,9H,3-5H2,1-2H3/t6-,8+/m1/s1. The predicted octanol–water partition coefficient (Wildman–Crippen LogP) is 0.0465. The Kier molecular flexibility index (Phi) is 1.54. The molecule has 2 fully saturated rings. The molecule has 0 saturated carbocycles. The van der Waals surface area contributed by atoms with Crippen LogP contribution in [0.4, 0.5) is 4.79 Å². The number of cyclic esters (lactones) is 1. The Balaban J connectivity index is 2.25. The number of fused-ring (bicyclic) bond motifs is 1. The molecule has 2 saturated heterocycles. The normalized spacial score (nSPS) is 41.0. The van der Waals surface area contributed by atoms with Crippen molar-refractivity contribution in [3.63, 3.8) is 0 Å². The topological polar surface area (TPSA) is 41.6 Å². The zero-order valence-corrected chi connectivity index (χ0v) is 7.46. The van der Waals surface area contributed by atoms with Crippen LogP contribution in [0.1, 0.15) is 6.92 Å². The van der Waals surface area contributed by atoms with Gasteiger partial charge in [0.2, 0.25) is 0 Å². The Labute approximate surface area is 71.9 Å². The fourth-order valence-electron chi connectivity index (χ4n) is 1.97. The van der Waals surface area contributed by atoms with E-state index in [-0.39, 0.29) is 11.6 Å². The highest BCUT2D eigenvalue weighted by Crippen LogP contribution is 2.31. The average molecular weight is 170 g/mol. The quantitative estimate of drug-likeness (QED) is 0.558. The Bertz CT molecular complexity index is 219. The number of rotatable bonds is 0. The molecule has 0 unspecified atom stereocenters. The van der Waals surface area contributed by atoms with Crippen molar-refractivity contribution in [2.24, 2.45) is 5.92 Å². The fourth-order valence-corrected chi connectivity index (χ4v) is 1.97. The number of ether oxygens (including phenoxy) is 1. The Morgan fingerprint density at radius 2 is 2.50 bits per heavy atom. The van der Waals surface area contributed by atoms with Gasteiger partial charge in [-0.2, -0.15) is 0 Å². The number of nitrogens with zero attached hydrogens (tertiary/aromatic N) is 1. The summed E-state index contributed by atoms with van der Waals surface area (Å²) in [6, 6.07) is 0. The SMILES string of the molecule is CN1C(=O)OC[C@H]2CNC[C@@]21C. The average Bonchev–Trinajstić information content (AvgIpc) is 2.42. The molecule has 4 nitrogen and oxygen atoms in total. The number of amides is 1. The van der Waals surface area contributed by atoms with Crippen LogP contribution >= 0.6 is 0 Å². The fraction of sp³-hybridized carbons (Fsp3) is 0.875. The largest absolute Gasteiger partial charge is 0.449 e. The van der Waals surface area contributed by atoms with Gasteiger partial charge in [-0.25, -0.2) is 4.79 Å². The molecule has 2 rings (SSSR count). The third-order valence-corrected chi connectivity index (χ3v) is 3.20. The van der Waals surface area contributed by atoms with Crippen LogP contribution < -0.4 is 5.32 Å². The summed E-state index contributed by atoms with van der Waals surface area (Å²) in [4.78, 5) is 12.9. The third kappa shape index (κ3) is 0.843. The molecule has 4 heteroatoms. The molecule has 0 aromatic carbocycles. The van der Waals surface area contributed by atoms with E-state index in [0.717, 1.165) is 13.1 Å². The summed E-state index contributed by atoms with van der Waals surface area (Å²) in [5.74, 6) is 0.445. The van der Waals surface area contributed by atoms with Crippen molar-refractivity contribution < 1.29 is 9.53 Å². The van der Waals surface area contributed by atoms with Crippen LogP contribution in [0.5, 0.6) is 0 Å². The molecule has 12 heavy (non-hydrogen) atoms. The monoisotopic (exact) mass is 170 g/mol. The van der Waals surface area contributed by atoms with Gasteiger partial charge < -0.3 is 15.0 Å². The Morgan fingerprint density at radius 3 is 3.25 bits per heavy atom. The summed E-state index contributed by atoms with van der Waals surface area (Å²) < 4.78 is 5.02. The molecule has 0 bridgehead atoms. The molecule has 0 aromatic rings. The molecule has 2 aliphatic rings. The molecule has 68 valence electrons. The van der Waals surface area contributed by atoms with E-state index in [1.54, 1.807) is 4.90 Å². The van der Waals surface area contributed by atoms with Crippen LogP contribution in [0.3, 0.4) is 0 Å². The molecule has 2 aliphatic heterocycles. The molecular weight excluding hydrogens is 156 g/mol. The molecule has 0 spiro atoms. The van der Waals surface area contributed by atoms with Crippen molar-refractivity contribution in [1.29, 1.82) is 0 Å². The van der Waals surface area contributed by atoms with Gasteiger partial charge in [0, 0.05) is 26.1 Å². The number of carbonyl (C=O) groups is 1. The van der Waals surface area contributed by atoms with Crippen molar-refractivity contribution >= 4 is 6.09 Å². The third-order valence-electron chi connectivity index (χ3n) is 3.20. The van der Waals surface area contributed by atoms with Crippen molar-refractivity contribution in [1.82, 2.24) is 10.2 Å². The minimum Gasteiger partial charge on any atom is -0.449 e. The summed E-state index contributed by atoms with van der Waals surface area (Å²) in [5.41, 5.74) is -0.0324. The molecule has 0 radical (unpaired) electrons. The van der Waals surface area contributed by atoms with Crippen LogP contribution in [0.25, 0.3) is 0 Å². The maximum atomic E-state index is 11.2. The predicted molar refractivity (Wildman–Crippen MR) is 43.9 cm³/mol. The molecular formula is C8H14N2O2. The van der Waals surface area contributed by atoms with Gasteiger partial charge >= 0.3 is 6.09 Å². The minimum atomic E-state index is -0.197. The minimum absolute atomic E-state index is 0.0324. The second kappa shape index (κ2) is 2.36. The highest BCUT2D eigenvalue weighted by molar-refractivity contribution is 5.69. The lowest BCUT2D eigenvalue weighted by molar-refractivity contribution is -0.00459. The first kappa shape index (κ1) is 7.86. The van der Waals surface area contributed by atoms with E-state index in [0.29, 0.717) is 12.5 Å². The van der Waals surface area contributed by atoms with E-state index < -0.39 is 0 Å². The Hall–Kier alpha value is -0.770. The lowest BCUT2D eigenvalue weighted by Gasteiger charge is -2.42. The maximum absolute atomic E-state index is 11.2. The second-order valence-electron chi connectivity index (χ2n) is 3.82. The van der Waals surface area contributed by atoms with Crippen molar-refractivity contribution in [3.05, 3.63) is 0 Å². The number of carbonyl (C=O) groups excluding carboxylic acids is 1. The van der Waals surface area contributed by atoms with Gasteiger partial charge in [0.1, 0.15) is 0 Å². The summed E-state index contributed by atoms with van der Waals surface area (Å²) in [6.07, 6.45) is -0.197. The van der Waals surface area contributed by atoms with Crippen molar-refractivity contribution in [2.45, 2.75) is 12.5 Å². The highest BCUT2D eigenvalue weighted by Gasteiger charge is 2.48. The first-order valence-corrected chi connectivity index (χ1v) is 4.26. The van der Waals surface area contributed by atoms with E-state index in [1.165, 1.54) is 0 Å².